The van der Waals surface area contributed by atoms with E-state index in [0.717, 1.165) is 17.2 Å². The number of hydrogen-bond acceptors (Lipinski definition) is 2. The minimum atomic E-state index is -0.368. The SMILES string of the molecule is Fc1ccc(-c2nc3ccc(Cl)cc3[nH]2)nc1. The standard InChI is InChI=1S/C12H7ClFN3/c13-7-1-3-9-11(5-7)17-12(16-9)10-4-2-8(14)6-15-10/h1-6H,(H,16,17). The lowest BCUT2D eigenvalue weighted by Gasteiger charge is -1.93. The Hall–Kier alpha value is -1.94. The van der Waals surface area contributed by atoms with Crippen LogP contribution in [0.1, 0.15) is 0 Å². The van der Waals surface area contributed by atoms with Crippen molar-refractivity contribution in [1.29, 1.82) is 0 Å². The molecule has 17 heavy (non-hydrogen) atoms. The zero-order valence-corrected chi connectivity index (χ0v) is 9.37. The van der Waals surface area contributed by atoms with Gasteiger partial charge in [-0.15, -0.1) is 0 Å². The number of benzene rings is 1. The zero-order chi connectivity index (χ0) is 11.8. The molecule has 2 heterocycles. The van der Waals surface area contributed by atoms with Crippen LogP contribution in [0.2, 0.25) is 5.02 Å². The fourth-order valence-electron chi connectivity index (χ4n) is 1.62. The summed E-state index contributed by atoms with van der Waals surface area (Å²) in [6.07, 6.45) is 1.16. The second kappa shape index (κ2) is 3.82. The van der Waals surface area contributed by atoms with Gasteiger partial charge in [-0.05, 0) is 30.3 Å². The van der Waals surface area contributed by atoms with Crippen LogP contribution in [0.5, 0.6) is 0 Å². The maximum atomic E-state index is 12.7. The highest BCUT2D eigenvalue weighted by atomic mass is 35.5. The summed E-state index contributed by atoms with van der Waals surface area (Å²) in [4.78, 5) is 11.4. The number of aromatic amines is 1. The number of H-pyrrole nitrogens is 1. The molecular weight excluding hydrogens is 241 g/mol. The molecule has 0 spiro atoms. The van der Waals surface area contributed by atoms with Crippen LogP contribution in [0.3, 0.4) is 0 Å². The van der Waals surface area contributed by atoms with E-state index in [-0.39, 0.29) is 5.82 Å². The van der Waals surface area contributed by atoms with Gasteiger partial charge in [-0.1, -0.05) is 11.6 Å². The third-order valence-corrected chi connectivity index (χ3v) is 2.65. The molecular formula is C12H7ClFN3. The van der Waals surface area contributed by atoms with Crippen molar-refractivity contribution in [3.63, 3.8) is 0 Å². The van der Waals surface area contributed by atoms with E-state index in [1.165, 1.54) is 6.07 Å². The summed E-state index contributed by atoms with van der Waals surface area (Å²) in [6.45, 7) is 0. The number of fused-ring (bicyclic) bond motifs is 1. The number of aromatic nitrogens is 3. The maximum Gasteiger partial charge on any atom is 0.157 e. The molecule has 0 radical (unpaired) electrons. The Morgan fingerprint density at radius 3 is 2.82 bits per heavy atom. The highest BCUT2D eigenvalue weighted by Gasteiger charge is 2.06. The van der Waals surface area contributed by atoms with E-state index < -0.39 is 0 Å². The molecule has 0 atom stereocenters. The second-order valence-electron chi connectivity index (χ2n) is 3.61. The molecule has 3 rings (SSSR count). The lowest BCUT2D eigenvalue weighted by Crippen LogP contribution is -1.85. The first-order valence-corrected chi connectivity index (χ1v) is 5.37. The van der Waals surface area contributed by atoms with Gasteiger partial charge in [0.05, 0.1) is 17.2 Å². The molecule has 5 heteroatoms. The molecule has 0 amide bonds. The minimum absolute atomic E-state index is 0.368. The van der Waals surface area contributed by atoms with Crippen molar-refractivity contribution in [2.24, 2.45) is 0 Å². The van der Waals surface area contributed by atoms with E-state index in [1.54, 1.807) is 18.2 Å². The lowest BCUT2D eigenvalue weighted by molar-refractivity contribution is 0.621. The Kier molecular flexibility index (Phi) is 2.30. The Balaban J connectivity index is 2.14. The average molecular weight is 248 g/mol. The quantitative estimate of drug-likeness (QED) is 0.716. The van der Waals surface area contributed by atoms with E-state index >= 15 is 0 Å². The summed E-state index contributed by atoms with van der Waals surface area (Å²) in [6, 6.07) is 8.31. The van der Waals surface area contributed by atoms with Crippen molar-refractivity contribution in [3.05, 3.63) is 47.4 Å². The molecule has 0 aliphatic carbocycles. The Morgan fingerprint density at radius 2 is 2.06 bits per heavy atom. The van der Waals surface area contributed by atoms with Crippen molar-refractivity contribution < 1.29 is 4.39 Å². The largest absolute Gasteiger partial charge is 0.337 e. The molecule has 1 aromatic carbocycles. The van der Waals surface area contributed by atoms with Crippen molar-refractivity contribution in [2.45, 2.75) is 0 Å². The summed E-state index contributed by atoms with van der Waals surface area (Å²) < 4.78 is 12.7. The third kappa shape index (κ3) is 1.87. The van der Waals surface area contributed by atoms with Gasteiger partial charge in [0.15, 0.2) is 5.82 Å². The van der Waals surface area contributed by atoms with Crippen LogP contribution >= 0.6 is 11.6 Å². The van der Waals surface area contributed by atoms with Gasteiger partial charge in [-0.3, -0.25) is 0 Å². The van der Waals surface area contributed by atoms with Gasteiger partial charge < -0.3 is 4.98 Å². The molecule has 0 aliphatic heterocycles. The number of nitrogens with zero attached hydrogens (tertiary/aromatic N) is 2. The first kappa shape index (κ1) is 10.2. The third-order valence-electron chi connectivity index (χ3n) is 2.41. The molecule has 0 saturated carbocycles. The number of rotatable bonds is 1. The van der Waals surface area contributed by atoms with E-state index in [4.69, 9.17) is 11.6 Å². The monoisotopic (exact) mass is 247 g/mol. The normalized spacial score (nSPS) is 10.9. The molecule has 1 N–H and O–H groups in total. The highest BCUT2D eigenvalue weighted by molar-refractivity contribution is 6.31. The minimum Gasteiger partial charge on any atom is -0.337 e. The second-order valence-corrected chi connectivity index (χ2v) is 4.04. The summed E-state index contributed by atoms with van der Waals surface area (Å²) in [5.41, 5.74) is 2.23. The van der Waals surface area contributed by atoms with Crippen LogP contribution < -0.4 is 0 Å². The van der Waals surface area contributed by atoms with Crippen molar-refractivity contribution >= 4 is 22.6 Å². The van der Waals surface area contributed by atoms with Gasteiger partial charge in [0.2, 0.25) is 0 Å². The highest BCUT2D eigenvalue weighted by Crippen LogP contribution is 2.21. The van der Waals surface area contributed by atoms with Gasteiger partial charge in [-0.25, -0.2) is 14.4 Å². The number of nitrogens with one attached hydrogen (secondary N) is 1. The molecule has 0 bridgehead atoms. The average Bonchev–Trinajstić information content (AvgIpc) is 2.72. The maximum absolute atomic E-state index is 12.7. The van der Waals surface area contributed by atoms with Gasteiger partial charge in [0.25, 0.3) is 0 Å². The molecule has 0 saturated heterocycles. The van der Waals surface area contributed by atoms with Gasteiger partial charge >= 0.3 is 0 Å². The fourth-order valence-corrected chi connectivity index (χ4v) is 1.79. The Bertz CT molecular complexity index is 676. The molecule has 0 aliphatic rings. The molecule has 0 fully saturated rings. The fraction of sp³-hybridized carbons (Fsp3) is 0. The van der Waals surface area contributed by atoms with Crippen LogP contribution in [-0.4, -0.2) is 15.0 Å². The van der Waals surface area contributed by atoms with Crippen molar-refractivity contribution in [2.75, 3.05) is 0 Å². The smallest absolute Gasteiger partial charge is 0.157 e. The first-order chi connectivity index (χ1) is 8.22. The van der Waals surface area contributed by atoms with Gasteiger partial charge in [-0.2, -0.15) is 0 Å². The number of hydrogen-bond donors (Lipinski definition) is 1. The summed E-state index contributed by atoms with van der Waals surface area (Å²) >= 11 is 5.88. The lowest BCUT2D eigenvalue weighted by atomic mass is 10.3. The molecule has 84 valence electrons. The van der Waals surface area contributed by atoms with Gasteiger partial charge in [0.1, 0.15) is 11.5 Å². The van der Waals surface area contributed by atoms with Crippen LogP contribution in [0.4, 0.5) is 4.39 Å². The van der Waals surface area contributed by atoms with E-state index in [0.29, 0.717) is 16.5 Å². The summed E-state index contributed by atoms with van der Waals surface area (Å²) in [5.74, 6) is 0.232. The van der Waals surface area contributed by atoms with Crippen molar-refractivity contribution in [3.8, 4) is 11.5 Å². The van der Waals surface area contributed by atoms with Crippen LogP contribution in [0.25, 0.3) is 22.6 Å². The van der Waals surface area contributed by atoms with E-state index in [2.05, 4.69) is 15.0 Å². The van der Waals surface area contributed by atoms with Crippen LogP contribution in [-0.2, 0) is 0 Å². The molecule has 0 unspecified atom stereocenters. The Morgan fingerprint density at radius 1 is 1.18 bits per heavy atom. The number of halogens is 2. The first-order valence-electron chi connectivity index (χ1n) is 4.99. The molecule has 3 aromatic rings. The summed E-state index contributed by atoms with van der Waals surface area (Å²) in [5, 5.41) is 0.639. The molecule has 3 nitrogen and oxygen atoms in total. The van der Waals surface area contributed by atoms with Crippen LogP contribution in [0.15, 0.2) is 36.5 Å². The van der Waals surface area contributed by atoms with Crippen molar-refractivity contribution in [1.82, 2.24) is 15.0 Å². The predicted molar refractivity (Wildman–Crippen MR) is 64.3 cm³/mol. The van der Waals surface area contributed by atoms with Crippen LogP contribution in [0, 0.1) is 5.82 Å². The Labute approximate surface area is 101 Å². The predicted octanol–water partition coefficient (Wildman–Crippen LogP) is 3.42. The molecule has 2 aromatic heterocycles. The van der Waals surface area contributed by atoms with Gasteiger partial charge in [0, 0.05) is 5.02 Å². The zero-order valence-electron chi connectivity index (χ0n) is 8.61. The number of pyridine rings is 1. The topological polar surface area (TPSA) is 41.6 Å². The summed E-state index contributed by atoms with van der Waals surface area (Å²) in [7, 11) is 0. The van der Waals surface area contributed by atoms with E-state index in [1.807, 2.05) is 6.07 Å². The van der Waals surface area contributed by atoms with E-state index in [9.17, 15) is 4.39 Å². The number of imidazole rings is 1.